The molecule has 72 valence electrons. The van der Waals surface area contributed by atoms with E-state index in [0.717, 1.165) is 0 Å². The molecule has 0 fully saturated rings. The maximum Gasteiger partial charge on any atom is 0.196 e. The monoisotopic (exact) mass is 184 g/mol. The van der Waals surface area contributed by atoms with Gasteiger partial charge in [-0.2, -0.15) is 0 Å². The Balaban J connectivity index is 2.81. The molecular weight excluding hydrogens is 170 g/mol. The highest BCUT2D eigenvalue weighted by Crippen LogP contribution is 2.09. The van der Waals surface area contributed by atoms with Crippen LogP contribution in [-0.4, -0.2) is 7.05 Å². The van der Waals surface area contributed by atoms with E-state index in [-0.39, 0.29) is 5.17 Å². The average molecular weight is 184 g/mol. The lowest BCUT2D eigenvalue weighted by molar-refractivity contribution is -0.892. The van der Waals surface area contributed by atoms with Gasteiger partial charge in [-0.3, -0.25) is 0 Å². The smallest absolute Gasteiger partial charge is 0.196 e. The third-order valence-electron chi connectivity index (χ3n) is 1.53. The Bertz CT molecular complexity index is 261. The van der Waals surface area contributed by atoms with Crippen molar-refractivity contribution in [2.45, 2.75) is 0 Å². The van der Waals surface area contributed by atoms with Crippen molar-refractivity contribution in [2.24, 2.45) is 11.7 Å². The molecule has 6 heteroatoms. The lowest BCUT2D eigenvalue weighted by Gasteiger charge is -2.28. The molecule has 0 amide bonds. The molecule has 0 radical (unpaired) electrons. The predicted octanol–water partition coefficient (Wildman–Crippen LogP) is -1.83. The van der Waals surface area contributed by atoms with Crippen LogP contribution < -0.4 is 27.2 Å². The first-order chi connectivity index (χ1) is 6.02. The van der Waals surface area contributed by atoms with Crippen molar-refractivity contribution in [2.75, 3.05) is 7.05 Å². The minimum absolute atomic E-state index is 0.283. The van der Waals surface area contributed by atoms with Gasteiger partial charge in [0.1, 0.15) is 0 Å². The Morgan fingerprint density at radius 1 is 1.31 bits per heavy atom. The summed E-state index contributed by atoms with van der Waals surface area (Å²) in [6.45, 7) is 0. The number of hydrogen-bond acceptors (Lipinski definition) is 4. The molecule has 6 nitrogen and oxygen atoms in total. The van der Waals surface area contributed by atoms with Crippen molar-refractivity contribution in [3.63, 3.8) is 0 Å². The molecule has 0 aliphatic heterocycles. The second-order valence-electron chi connectivity index (χ2n) is 2.78. The molecule has 1 aromatic carbocycles. The molecule has 0 bridgehead atoms. The van der Waals surface area contributed by atoms with Crippen molar-refractivity contribution in [3.8, 4) is 0 Å². The molecule has 0 saturated heterocycles. The summed E-state index contributed by atoms with van der Waals surface area (Å²) in [5.74, 6) is 11.2. The Labute approximate surface area is 76.4 Å². The summed E-state index contributed by atoms with van der Waals surface area (Å²) in [4.78, 5) is -0.629. The summed E-state index contributed by atoms with van der Waals surface area (Å²) in [6, 6.07) is 8.90. The first-order valence-corrected chi connectivity index (χ1v) is 3.83. The van der Waals surface area contributed by atoms with Gasteiger partial charge in [-0.1, -0.05) is 18.2 Å². The van der Waals surface area contributed by atoms with Gasteiger partial charge in [0.2, 0.25) is 0 Å². The zero-order valence-electron chi connectivity index (χ0n) is 7.40. The fourth-order valence-electron chi connectivity index (χ4n) is 1.000. The lowest BCUT2D eigenvalue weighted by atomic mass is 10.3. The molecule has 13 heavy (non-hydrogen) atoms. The van der Waals surface area contributed by atoms with E-state index in [9.17, 15) is 5.21 Å². The maximum absolute atomic E-state index is 10.7. The van der Waals surface area contributed by atoms with E-state index in [1.807, 2.05) is 6.07 Å². The van der Waals surface area contributed by atoms with Gasteiger partial charge in [-0.25, -0.2) is 5.17 Å². The number of rotatable bonds is 3. The maximum atomic E-state index is 10.7. The molecule has 0 saturated carbocycles. The average Bonchev–Trinajstić information content (AvgIpc) is 2.04. The number of nitrogens with two attached hydrogens (primary N) is 2. The third kappa shape index (κ3) is 2.74. The van der Waals surface area contributed by atoms with E-state index in [0.29, 0.717) is 5.69 Å². The molecular formula is C7H14N5O+. The van der Waals surface area contributed by atoms with Crippen LogP contribution in [0.15, 0.2) is 30.3 Å². The van der Waals surface area contributed by atoms with Crippen molar-refractivity contribution in [3.05, 3.63) is 35.5 Å². The van der Waals surface area contributed by atoms with Gasteiger partial charge in [0.05, 0.1) is 7.05 Å². The SMILES string of the molecule is C[NH+]([O-])N[N+](N)(N)c1ccccc1. The van der Waals surface area contributed by atoms with Gasteiger partial charge < -0.3 is 5.21 Å². The van der Waals surface area contributed by atoms with E-state index in [4.69, 9.17) is 11.7 Å². The van der Waals surface area contributed by atoms with Crippen LogP contribution in [0.5, 0.6) is 0 Å². The molecule has 6 N–H and O–H groups in total. The number of nitrogens with zero attached hydrogens (tertiary/aromatic N) is 1. The van der Waals surface area contributed by atoms with E-state index in [1.54, 1.807) is 24.3 Å². The predicted molar refractivity (Wildman–Crippen MR) is 50.0 cm³/mol. The van der Waals surface area contributed by atoms with Crippen molar-refractivity contribution in [1.82, 2.24) is 10.3 Å². The Morgan fingerprint density at radius 2 is 1.85 bits per heavy atom. The molecule has 1 atom stereocenters. The molecule has 0 aromatic heterocycles. The zero-order chi connectivity index (χ0) is 9.90. The molecule has 0 aliphatic rings. The number of nitrogens with one attached hydrogen (secondary N) is 2. The van der Waals surface area contributed by atoms with Crippen LogP contribution in [0.1, 0.15) is 0 Å². The van der Waals surface area contributed by atoms with Crippen LogP contribution in [0.2, 0.25) is 0 Å². The standard InChI is InChI=1S/C7H14N5O/c1-11(13)10-12(8,9)7-5-3-2-4-6-7/h2-6,10-11H,8-9H2,1H3/q+1. The molecule has 0 spiro atoms. The second-order valence-corrected chi connectivity index (χ2v) is 2.78. The number of benzene rings is 1. The molecule has 0 aliphatic carbocycles. The highest BCUT2D eigenvalue weighted by Gasteiger charge is 2.23. The minimum Gasteiger partial charge on any atom is -0.609 e. The molecule has 1 unspecified atom stereocenters. The highest BCUT2D eigenvalue weighted by atomic mass is 16.6. The Kier molecular flexibility index (Phi) is 2.94. The van der Waals surface area contributed by atoms with E-state index >= 15 is 0 Å². The highest BCUT2D eigenvalue weighted by molar-refractivity contribution is 5.38. The first kappa shape index (κ1) is 10.1. The van der Waals surface area contributed by atoms with Crippen molar-refractivity contribution in [1.29, 1.82) is 0 Å². The minimum atomic E-state index is -0.629. The van der Waals surface area contributed by atoms with Crippen LogP contribution in [0, 0.1) is 5.21 Å². The summed E-state index contributed by atoms with van der Waals surface area (Å²) >= 11 is 0. The first-order valence-electron chi connectivity index (χ1n) is 3.83. The molecule has 1 aromatic rings. The molecule has 1 rings (SSSR count). The fraction of sp³-hybridized carbons (Fsp3) is 0.143. The summed E-state index contributed by atoms with van der Waals surface area (Å²) in [5, 5.41) is 10.5. The summed E-state index contributed by atoms with van der Waals surface area (Å²) in [6.07, 6.45) is 0. The van der Waals surface area contributed by atoms with Crippen LogP contribution in [0.4, 0.5) is 5.69 Å². The van der Waals surface area contributed by atoms with Crippen LogP contribution >= 0.6 is 0 Å². The quantitative estimate of drug-likeness (QED) is 0.253. The topological polar surface area (TPSA) is 91.6 Å². The number of hydrogen-bond donors (Lipinski definition) is 4. The number of quaternary nitrogens is 2. The van der Waals surface area contributed by atoms with Gasteiger partial charge in [0, 0.05) is 17.7 Å². The van der Waals surface area contributed by atoms with Crippen molar-refractivity contribution < 1.29 is 5.17 Å². The number of hydroxylamine groups is 1. The zero-order valence-corrected chi connectivity index (χ0v) is 7.40. The van der Waals surface area contributed by atoms with Gasteiger partial charge in [-0.05, 0) is 4.81 Å². The van der Waals surface area contributed by atoms with Crippen LogP contribution in [0.3, 0.4) is 0 Å². The summed E-state index contributed by atoms with van der Waals surface area (Å²) in [5.41, 5.74) is 3.00. The fourth-order valence-corrected chi connectivity index (χ4v) is 1.000. The van der Waals surface area contributed by atoms with E-state index < -0.39 is 4.81 Å². The largest absolute Gasteiger partial charge is 0.609 e. The Hall–Kier alpha value is -1.02. The summed E-state index contributed by atoms with van der Waals surface area (Å²) < 4.78 is 0. The van der Waals surface area contributed by atoms with Crippen molar-refractivity contribution >= 4 is 5.69 Å². The third-order valence-corrected chi connectivity index (χ3v) is 1.53. The van der Waals surface area contributed by atoms with E-state index in [2.05, 4.69) is 5.53 Å². The van der Waals surface area contributed by atoms with Gasteiger partial charge in [0.15, 0.2) is 5.69 Å². The second kappa shape index (κ2) is 3.79. The van der Waals surface area contributed by atoms with Gasteiger partial charge in [-0.15, -0.1) is 11.7 Å². The lowest BCUT2D eigenvalue weighted by Crippen LogP contribution is -3.17. The van der Waals surface area contributed by atoms with Gasteiger partial charge in [0.25, 0.3) is 0 Å². The summed E-state index contributed by atoms with van der Waals surface area (Å²) in [7, 11) is 1.36. The normalized spacial score (nSPS) is 14.2. The Morgan fingerprint density at radius 3 is 2.31 bits per heavy atom. The number of para-hydroxylation sites is 1. The van der Waals surface area contributed by atoms with Crippen LogP contribution in [0.25, 0.3) is 0 Å². The van der Waals surface area contributed by atoms with E-state index in [1.165, 1.54) is 7.05 Å². The van der Waals surface area contributed by atoms with Crippen LogP contribution in [-0.2, 0) is 0 Å². The molecule has 0 heterocycles. The van der Waals surface area contributed by atoms with Gasteiger partial charge >= 0.3 is 0 Å².